The van der Waals surface area contributed by atoms with Gasteiger partial charge in [-0.15, -0.1) is 0 Å². The average molecular weight is 439 g/mol. The molecule has 31 heavy (non-hydrogen) atoms. The number of likely N-dealkylation sites (tertiary alicyclic amines) is 1. The summed E-state index contributed by atoms with van der Waals surface area (Å²) < 4.78 is 2.55. The maximum atomic E-state index is 12.5. The van der Waals surface area contributed by atoms with Crippen molar-refractivity contribution < 1.29 is 4.79 Å². The number of aromatic nitrogens is 2. The molecule has 1 aliphatic rings. The minimum absolute atomic E-state index is 0.137. The van der Waals surface area contributed by atoms with Crippen LogP contribution in [0.4, 0.5) is 5.69 Å². The van der Waals surface area contributed by atoms with Gasteiger partial charge in [0.2, 0.25) is 5.91 Å². The molecule has 1 N–H and O–H groups in total. The number of hydrogen-bond acceptors (Lipinski definition) is 4. The number of aryl methyl sites for hydroxylation is 1. The molecule has 0 spiro atoms. The highest BCUT2D eigenvalue weighted by atomic mass is 35.5. The predicted octanol–water partition coefficient (Wildman–Crippen LogP) is 2.53. The number of carbonyl (C=O) groups is 1. The highest BCUT2D eigenvalue weighted by molar-refractivity contribution is 6.31. The van der Waals surface area contributed by atoms with Crippen LogP contribution >= 0.6 is 11.6 Å². The second-order valence-electron chi connectivity index (χ2n) is 7.96. The van der Waals surface area contributed by atoms with Crippen LogP contribution in [-0.4, -0.2) is 33.0 Å². The molecule has 1 fully saturated rings. The Morgan fingerprint density at radius 1 is 1.16 bits per heavy atom. The number of carbonyl (C=O) groups excluding carboxylic acids is 1. The summed E-state index contributed by atoms with van der Waals surface area (Å²) in [6, 6.07) is 11.0. The van der Waals surface area contributed by atoms with Gasteiger partial charge in [-0.1, -0.05) is 30.3 Å². The molecule has 4 rings (SSSR count). The van der Waals surface area contributed by atoms with Crippen molar-refractivity contribution in [3.8, 4) is 0 Å². The molecule has 0 aliphatic carbocycles. The minimum Gasteiger partial charge on any atom is -0.372 e. The number of halogens is 1. The first kappa shape index (κ1) is 20.9. The summed E-state index contributed by atoms with van der Waals surface area (Å²) >= 11 is 6.38. The van der Waals surface area contributed by atoms with E-state index in [2.05, 4.69) is 11.9 Å². The lowest BCUT2D eigenvalue weighted by atomic mass is 9.79. The molecular weight excluding hydrogens is 416 g/mol. The first-order chi connectivity index (χ1) is 14.7. The monoisotopic (exact) mass is 438 g/mol. The Kier molecular flexibility index (Phi) is 5.01. The maximum absolute atomic E-state index is 12.5. The SMILES string of the molecule is C=CC(=O)N1CC(Nc2ccc3c(=O)n(C)c(=O)n(C)c3c2)(c2cccc(Cl)c2C)C1. The van der Waals surface area contributed by atoms with E-state index in [4.69, 9.17) is 11.6 Å². The van der Waals surface area contributed by atoms with E-state index in [0.717, 1.165) is 21.4 Å². The van der Waals surface area contributed by atoms with Crippen molar-refractivity contribution in [2.45, 2.75) is 12.5 Å². The molecule has 0 atom stereocenters. The van der Waals surface area contributed by atoms with Crippen molar-refractivity contribution in [2.24, 2.45) is 14.1 Å². The van der Waals surface area contributed by atoms with Crippen molar-refractivity contribution >= 4 is 34.1 Å². The Hall–Kier alpha value is -3.32. The third kappa shape index (κ3) is 3.25. The summed E-state index contributed by atoms with van der Waals surface area (Å²) in [6.45, 7) is 6.40. The lowest BCUT2D eigenvalue weighted by molar-refractivity contribution is -0.132. The molecule has 0 radical (unpaired) electrons. The van der Waals surface area contributed by atoms with Crippen LogP contribution in [0.1, 0.15) is 11.1 Å². The first-order valence-electron chi connectivity index (χ1n) is 9.83. The molecular formula is C23H23ClN4O3. The Bertz CT molecular complexity index is 1350. The average Bonchev–Trinajstić information content (AvgIpc) is 2.74. The van der Waals surface area contributed by atoms with Gasteiger partial charge >= 0.3 is 5.69 Å². The number of anilines is 1. The summed E-state index contributed by atoms with van der Waals surface area (Å²) in [5.74, 6) is -0.137. The number of nitrogens with one attached hydrogen (secondary N) is 1. The number of hydrogen-bond donors (Lipinski definition) is 1. The van der Waals surface area contributed by atoms with Crippen molar-refractivity contribution in [1.29, 1.82) is 0 Å². The number of rotatable bonds is 4. The van der Waals surface area contributed by atoms with E-state index in [1.807, 2.05) is 31.2 Å². The number of benzene rings is 2. The molecule has 0 unspecified atom stereocenters. The maximum Gasteiger partial charge on any atom is 0.330 e. The van der Waals surface area contributed by atoms with E-state index >= 15 is 0 Å². The van der Waals surface area contributed by atoms with Crippen LogP contribution in [0.15, 0.2) is 58.6 Å². The van der Waals surface area contributed by atoms with Crippen LogP contribution < -0.4 is 16.6 Å². The standard InChI is InChI=1S/C23H23ClN4O3/c1-5-20(29)28-12-23(13-28,17-7-6-8-18(24)14(17)2)25-15-9-10-16-19(11-15)26(3)22(31)27(4)21(16)30/h5-11,25H,1,12-13H2,2-4H3. The molecule has 1 amide bonds. The highest BCUT2D eigenvalue weighted by Crippen LogP contribution is 2.39. The summed E-state index contributed by atoms with van der Waals surface area (Å²) in [5.41, 5.74) is 1.92. The van der Waals surface area contributed by atoms with E-state index in [-0.39, 0.29) is 17.2 Å². The van der Waals surface area contributed by atoms with Crippen molar-refractivity contribution in [2.75, 3.05) is 18.4 Å². The highest BCUT2D eigenvalue weighted by Gasteiger charge is 2.47. The number of fused-ring (bicyclic) bond motifs is 1. The molecule has 1 aliphatic heterocycles. The summed E-state index contributed by atoms with van der Waals surface area (Å²) in [6.07, 6.45) is 1.30. The normalized spacial score (nSPS) is 14.9. The first-order valence-corrected chi connectivity index (χ1v) is 10.2. The van der Waals surface area contributed by atoms with Gasteiger partial charge in [0.1, 0.15) is 0 Å². The summed E-state index contributed by atoms with van der Waals surface area (Å²) in [5, 5.41) is 4.66. The smallest absolute Gasteiger partial charge is 0.330 e. The zero-order valence-electron chi connectivity index (χ0n) is 17.6. The molecule has 1 saturated heterocycles. The van der Waals surface area contributed by atoms with Crippen molar-refractivity contribution in [3.63, 3.8) is 0 Å². The largest absolute Gasteiger partial charge is 0.372 e. The molecule has 2 heterocycles. The van der Waals surface area contributed by atoms with Gasteiger partial charge in [0.05, 0.1) is 29.5 Å². The van der Waals surface area contributed by atoms with Crippen LogP contribution in [0, 0.1) is 6.92 Å². The summed E-state index contributed by atoms with van der Waals surface area (Å²) in [4.78, 5) is 38.7. The molecule has 2 aromatic carbocycles. The van der Waals surface area contributed by atoms with Crippen LogP contribution in [-0.2, 0) is 24.4 Å². The van der Waals surface area contributed by atoms with Gasteiger partial charge in [-0.05, 0) is 48.4 Å². The fourth-order valence-corrected chi connectivity index (χ4v) is 4.45. The van der Waals surface area contributed by atoms with E-state index in [0.29, 0.717) is 29.0 Å². The quantitative estimate of drug-likeness (QED) is 0.635. The zero-order valence-corrected chi connectivity index (χ0v) is 18.4. The van der Waals surface area contributed by atoms with Gasteiger partial charge < -0.3 is 10.2 Å². The third-order valence-electron chi connectivity index (χ3n) is 6.04. The molecule has 7 nitrogen and oxygen atoms in total. The van der Waals surface area contributed by atoms with Gasteiger partial charge in [-0.3, -0.25) is 18.7 Å². The van der Waals surface area contributed by atoms with E-state index in [9.17, 15) is 14.4 Å². The molecule has 3 aromatic rings. The minimum atomic E-state index is -0.556. The Morgan fingerprint density at radius 2 is 1.87 bits per heavy atom. The van der Waals surface area contributed by atoms with Crippen LogP contribution in [0.3, 0.4) is 0 Å². The summed E-state index contributed by atoms with van der Waals surface area (Å²) in [7, 11) is 3.10. The molecule has 0 saturated carbocycles. The zero-order chi connectivity index (χ0) is 22.5. The third-order valence-corrected chi connectivity index (χ3v) is 6.45. The Morgan fingerprint density at radius 3 is 2.55 bits per heavy atom. The van der Waals surface area contributed by atoms with E-state index in [1.165, 1.54) is 17.7 Å². The van der Waals surface area contributed by atoms with Gasteiger partial charge in [0.25, 0.3) is 5.56 Å². The van der Waals surface area contributed by atoms with Crippen LogP contribution in [0.5, 0.6) is 0 Å². The Balaban J connectivity index is 1.81. The lowest BCUT2D eigenvalue weighted by Crippen LogP contribution is -2.65. The van der Waals surface area contributed by atoms with Gasteiger partial charge in [-0.25, -0.2) is 4.79 Å². The van der Waals surface area contributed by atoms with Gasteiger partial charge in [-0.2, -0.15) is 0 Å². The predicted molar refractivity (Wildman–Crippen MR) is 123 cm³/mol. The second kappa shape index (κ2) is 7.42. The molecule has 160 valence electrons. The molecule has 0 bridgehead atoms. The van der Waals surface area contributed by atoms with Gasteiger partial charge in [0, 0.05) is 24.8 Å². The number of amides is 1. The molecule has 8 heteroatoms. The van der Waals surface area contributed by atoms with Crippen LogP contribution in [0.25, 0.3) is 10.9 Å². The van der Waals surface area contributed by atoms with Crippen molar-refractivity contribution in [1.82, 2.24) is 14.0 Å². The fraction of sp³-hybridized carbons (Fsp3) is 0.261. The molecule has 1 aromatic heterocycles. The van der Waals surface area contributed by atoms with Crippen molar-refractivity contribution in [3.05, 3.63) is 86.0 Å². The lowest BCUT2D eigenvalue weighted by Gasteiger charge is -2.51. The second-order valence-corrected chi connectivity index (χ2v) is 8.36. The van der Waals surface area contributed by atoms with Crippen LogP contribution in [0.2, 0.25) is 5.02 Å². The van der Waals surface area contributed by atoms with E-state index < -0.39 is 5.54 Å². The number of nitrogens with zero attached hydrogens (tertiary/aromatic N) is 3. The topological polar surface area (TPSA) is 76.3 Å². The van der Waals surface area contributed by atoms with E-state index in [1.54, 1.807) is 24.1 Å². The fourth-order valence-electron chi connectivity index (χ4n) is 4.27. The Labute approximate surface area is 184 Å². The van der Waals surface area contributed by atoms with Gasteiger partial charge in [0.15, 0.2) is 0 Å².